The van der Waals surface area contributed by atoms with E-state index >= 15 is 0 Å². The number of rotatable bonds is 4. The molecule has 0 spiro atoms. The van der Waals surface area contributed by atoms with Gasteiger partial charge in [0.2, 0.25) is 5.95 Å². The normalized spacial score (nSPS) is 15.1. The van der Waals surface area contributed by atoms with Crippen LogP contribution in [0.2, 0.25) is 0 Å². The van der Waals surface area contributed by atoms with Crippen LogP contribution in [0.3, 0.4) is 0 Å². The van der Waals surface area contributed by atoms with E-state index in [1.54, 1.807) is 4.68 Å². The molecule has 2 N–H and O–H groups in total. The Bertz CT molecular complexity index is 1150. The summed E-state index contributed by atoms with van der Waals surface area (Å²) in [5.41, 5.74) is 5.09. The molecule has 0 saturated heterocycles. The van der Waals surface area contributed by atoms with Crippen molar-refractivity contribution in [3.63, 3.8) is 0 Å². The summed E-state index contributed by atoms with van der Waals surface area (Å²) < 4.78 is 1.67. The number of H-pyrrole nitrogens is 1. The number of aromatic amines is 1. The lowest BCUT2D eigenvalue weighted by Crippen LogP contribution is -2.23. The Labute approximate surface area is 168 Å². The predicted octanol–water partition coefficient (Wildman–Crippen LogP) is 3.87. The SMILES string of the molecule is Cc1cnc(NC2CCCCC2)nc1-c1c[nH]c2cc(-c3nnnn3C)ccc12. The molecule has 1 fully saturated rings. The molecular formula is C21H24N8. The highest BCUT2D eigenvalue weighted by Gasteiger charge is 2.17. The zero-order chi connectivity index (χ0) is 19.8. The Kier molecular flexibility index (Phi) is 4.46. The third-order valence-corrected chi connectivity index (χ3v) is 5.73. The number of nitrogens with one attached hydrogen (secondary N) is 2. The van der Waals surface area contributed by atoms with E-state index in [2.05, 4.69) is 49.9 Å². The molecule has 1 saturated carbocycles. The van der Waals surface area contributed by atoms with Crippen LogP contribution in [0.25, 0.3) is 33.5 Å². The van der Waals surface area contributed by atoms with Gasteiger partial charge in [-0.2, -0.15) is 0 Å². The van der Waals surface area contributed by atoms with Crippen LogP contribution in [0.4, 0.5) is 5.95 Å². The van der Waals surface area contributed by atoms with Gasteiger partial charge in [-0.1, -0.05) is 31.4 Å². The number of nitrogens with zero attached hydrogens (tertiary/aromatic N) is 6. The molecule has 29 heavy (non-hydrogen) atoms. The van der Waals surface area contributed by atoms with E-state index in [4.69, 9.17) is 4.98 Å². The lowest BCUT2D eigenvalue weighted by molar-refractivity contribution is 0.461. The van der Waals surface area contributed by atoms with Gasteiger partial charge in [0.25, 0.3) is 0 Å². The first kappa shape index (κ1) is 17.8. The molecule has 4 aromatic rings. The number of fused-ring (bicyclic) bond motifs is 1. The second-order valence-corrected chi connectivity index (χ2v) is 7.79. The van der Waals surface area contributed by atoms with E-state index in [0.717, 1.165) is 39.1 Å². The summed E-state index contributed by atoms with van der Waals surface area (Å²) in [6.07, 6.45) is 10.2. The molecule has 5 rings (SSSR count). The molecule has 1 aliphatic rings. The zero-order valence-corrected chi connectivity index (χ0v) is 16.7. The minimum absolute atomic E-state index is 0.477. The van der Waals surface area contributed by atoms with Gasteiger partial charge in [-0.25, -0.2) is 14.6 Å². The number of anilines is 1. The first-order valence-corrected chi connectivity index (χ1v) is 10.1. The summed E-state index contributed by atoms with van der Waals surface area (Å²) >= 11 is 0. The average molecular weight is 388 g/mol. The molecule has 0 aliphatic heterocycles. The van der Waals surface area contributed by atoms with Gasteiger partial charge in [0.05, 0.1) is 5.69 Å². The Morgan fingerprint density at radius 1 is 1.17 bits per heavy atom. The maximum absolute atomic E-state index is 4.87. The number of benzene rings is 1. The molecule has 0 bridgehead atoms. The molecule has 148 valence electrons. The molecule has 0 atom stereocenters. The summed E-state index contributed by atoms with van der Waals surface area (Å²) in [4.78, 5) is 12.8. The van der Waals surface area contributed by atoms with Crippen LogP contribution >= 0.6 is 0 Å². The van der Waals surface area contributed by atoms with Crippen molar-refractivity contribution < 1.29 is 0 Å². The molecule has 3 heterocycles. The van der Waals surface area contributed by atoms with Crippen molar-refractivity contribution >= 4 is 16.9 Å². The van der Waals surface area contributed by atoms with E-state index in [9.17, 15) is 0 Å². The highest BCUT2D eigenvalue weighted by Crippen LogP contribution is 2.32. The predicted molar refractivity (Wildman–Crippen MR) is 112 cm³/mol. The van der Waals surface area contributed by atoms with E-state index < -0.39 is 0 Å². The van der Waals surface area contributed by atoms with E-state index in [1.807, 2.05) is 25.5 Å². The molecule has 8 nitrogen and oxygen atoms in total. The number of aromatic nitrogens is 7. The van der Waals surface area contributed by atoms with Crippen LogP contribution < -0.4 is 5.32 Å². The summed E-state index contributed by atoms with van der Waals surface area (Å²) in [5, 5.41) is 16.4. The first-order valence-electron chi connectivity index (χ1n) is 10.1. The zero-order valence-electron chi connectivity index (χ0n) is 16.7. The molecule has 0 unspecified atom stereocenters. The smallest absolute Gasteiger partial charge is 0.223 e. The van der Waals surface area contributed by atoms with E-state index in [0.29, 0.717) is 12.0 Å². The Balaban J connectivity index is 1.50. The van der Waals surface area contributed by atoms with Crippen LogP contribution in [0.1, 0.15) is 37.7 Å². The van der Waals surface area contributed by atoms with Gasteiger partial charge in [0.1, 0.15) is 0 Å². The van der Waals surface area contributed by atoms with Crippen LogP contribution in [-0.2, 0) is 7.05 Å². The Hall–Kier alpha value is -3.29. The van der Waals surface area contributed by atoms with Crippen LogP contribution in [0.5, 0.6) is 0 Å². The second-order valence-electron chi connectivity index (χ2n) is 7.79. The fraction of sp³-hybridized carbons (Fsp3) is 0.381. The molecule has 1 aromatic carbocycles. The van der Waals surface area contributed by atoms with Crippen molar-refractivity contribution in [2.45, 2.75) is 45.1 Å². The first-order chi connectivity index (χ1) is 14.2. The second kappa shape index (κ2) is 7.27. The van der Waals surface area contributed by atoms with Crippen LogP contribution in [0, 0.1) is 6.92 Å². The monoisotopic (exact) mass is 388 g/mol. The standard InChI is InChI=1S/C21H24N8/c1-13-11-23-21(24-15-6-4-3-5-7-15)25-19(13)17-12-22-18-10-14(8-9-16(17)18)20-26-27-28-29(20)2/h8-12,15,22H,3-7H2,1-2H3,(H,23,24,25). The number of hydrogen-bond acceptors (Lipinski definition) is 6. The van der Waals surface area contributed by atoms with Gasteiger partial charge < -0.3 is 10.3 Å². The molecule has 0 radical (unpaired) electrons. The van der Waals surface area contributed by atoms with Gasteiger partial charge in [0, 0.05) is 47.5 Å². The lowest BCUT2D eigenvalue weighted by atomic mass is 9.96. The summed E-state index contributed by atoms with van der Waals surface area (Å²) in [7, 11) is 1.84. The highest BCUT2D eigenvalue weighted by molar-refractivity contribution is 5.97. The molecule has 3 aromatic heterocycles. The van der Waals surface area contributed by atoms with E-state index in [-0.39, 0.29) is 0 Å². The summed E-state index contributed by atoms with van der Waals surface area (Å²) in [5.74, 6) is 1.45. The minimum atomic E-state index is 0.477. The summed E-state index contributed by atoms with van der Waals surface area (Å²) in [6.45, 7) is 2.05. The largest absolute Gasteiger partial charge is 0.360 e. The number of aryl methyl sites for hydroxylation is 2. The number of hydrogen-bond donors (Lipinski definition) is 2. The third-order valence-electron chi connectivity index (χ3n) is 5.73. The van der Waals surface area contributed by atoms with Gasteiger partial charge in [0.15, 0.2) is 5.82 Å². The maximum atomic E-state index is 4.87. The van der Waals surface area contributed by atoms with Crippen molar-refractivity contribution in [2.24, 2.45) is 7.05 Å². The quantitative estimate of drug-likeness (QED) is 0.551. The Morgan fingerprint density at radius 3 is 2.83 bits per heavy atom. The van der Waals surface area contributed by atoms with Crippen molar-refractivity contribution in [1.29, 1.82) is 0 Å². The van der Waals surface area contributed by atoms with Crippen molar-refractivity contribution in [3.05, 3.63) is 36.2 Å². The van der Waals surface area contributed by atoms with Crippen molar-refractivity contribution in [3.8, 4) is 22.6 Å². The average Bonchev–Trinajstić information content (AvgIpc) is 3.36. The summed E-state index contributed by atoms with van der Waals surface area (Å²) in [6, 6.07) is 6.69. The van der Waals surface area contributed by atoms with Gasteiger partial charge in [-0.05, 0) is 41.8 Å². The van der Waals surface area contributed by atoms with Crippen LogP contribution in [-0.4, -0.2) is 41.2 Å². The molecule has 8 heteroatoms. The maximum Gasteiger partial charge on any atom is 0.223 e. The fourth-order valence-corrected chi connectivity index (χ4v) is 4.15. The molecular weight excluding hydrogens is 364 g/mol. The molecule has 1 aliphatic carbocycles. The highest BCUT2D eigenvalue weighted by atomic mass is 15.5. The third kappa shape index (κ3) is 3.35. The topological polar surface area (TPSA) is 97.2 Å². The van der Waals surface area contributed by atoms with Gasteiger partial charge in [-0.3, -0.25) is 0 Å². The fourth-order valence-electron chi connectivity index (χ4n) is 4.15. The minimum Gasteiger partial charge on any atom is -0.360 e. The van der Waals surface area contributed by atoms with Crippen molar-refractivity contribution in [2.75, 3.05) is 5.32 Å². The van der Waals surface area contributed by atoms with Gasteiger partial charge in [-0.15, -0.1) is 5.10 Å². The Morgan fingerprint density at radius 2 is 2.03 bits per heavy atom. The number of tetrazole rings is 1. The van der Waals surface area contributed by atoms with E-state index in [1.165, 1.54) is 32.1 Å². The van der Waals surface area contributed by atoms with Crippen LogP contribution in [0.15, 0.2) is 30.6 Å². The molecule has 0 amide bonds. The lowest BCUT2D eigenvalue weighted by Gasteiger charge is -2.23. The van der Waals surface area contributed by atoms with Crippen molar-refractivity contribution in [1.82, 2.24) is 35.2 Å². The van der Waals surface area contributed by atoms with Gasteiger partial charge >= 0.3 is 0 Å².